The predicted octanol–water partition coefficient (Wildman–Crippen LogP) is 2.37. The number of amides is 1. The van der Waals surface area contributed by atoms with E-state index in [0.717, 1.165) is 19.1 Å². The Hall–Kier alpha value is -4.48. The van der Waals surface area contributed by atoms with Crippen molar-refractivity contribution < 1.29 is 40.8 Å². The first-order valence-electron chi connectivity index (χ1n) is 9.94. The molecule has 0 spiro atoms. The van der Waals surface area contributed by atoms with Crippen molar-refractivity contribution in [1.29, 1.82) is 0 Å². The van der Waals surface area contributed by atoms with Crippen molar-refractivity contribution in [2.24, 2.45) is 0 Å². The number of nitrogens with one attached hydrogen (secondary N) is 2. The number of nitro groups is 1. The molecule has 18 heteroatoms. The maximum absolute atomic E-state index is 13.1. The van der Waals surface area contributed by atoms with Gasteiger partial charge in [0.05, 0.1) is 24.0 Å². The first-order chi connectivity index (χ1) is 17.2. The minimum absolute atomic E-state index is 0.0442. The lowest BCUT2D eigenvalue weighted by molar-refractivity contribution is -0.388. The van der Waals surface area contributed by atoms with Crippen LogP contribution in [0.3, 0.4) is 0 Å². The molecule has 0 fully saturated rings. The number of benzene rings is 1. The van der Waals surface area contributed by atoms with Gasteiger partial charge in [-0.2, -0.15) is 28.2 Å². The number of carbonyl (C=O) groups is 1. The number of methoxy groups -OCH3 is 2. The zero-order chi connectivity index (χ0) is 27.5. The van der Waals surface area contributed by atoms with E-state index in [0.29, 0.717) is 4.68 Å². The van der Waals surface area contributed by atoms with Gasteiger partial charge in [0.15, 0.2) is 5.82 Å². The Balaban J connectivity index is 1.74. The lowest BCUT2D eigenvalue weighted by Crippen LogP contribution is -2.21. The highest BCUT2D eigenvalue weighted by molar-refractivity contribution is 7.92. The Morgan fingerprint density at radius 1 is 1.16 bits per heavy atom. The summed E-state index contributed by atoms with van der Waals surface area (Å²) in [5.74, 6) is -0.950. The summed E-state index contributed by atoms with van der Waals surface area (Å²) in [4.78, 5) is 29.7. The van der Waals surface area contributed by atoms with E-state index in [9.17, 15) is 36.5 Å². The van der Waals surface area contributed by atoms with Gasteiger partial charge in [-0.05, 0) is 31.2 Å². The Bertz CT molecular complexity index is 1420. The number of hydrogen-bond donors (Lipinski definition) is 2. The first-order valence-corrected chi connectivity index (χ1v) is 11.4. The minimum Gasteiger partial charge on any atom is -0.481 e. The normalized spacial score (nSPS) is 11.6. The fourth-order valence-corrected chi connectivity index (χ4v) is 3.99. The average molecular weight is 545 g/mol. The standard InChI is InChI=1S/C19H18F3N7O7S/c1-10-16(29(31)32)17(19(20,21)22)26-28(10)9-14(30)23-11-4-6-12(7-5-11)37(33,34)27-13-8-15(35-2)25-18(24-13)36-3/h4-8H,9H2,1-3H3,(H,23,30)(H,24,25,27). The van der Waals surface area contributed by atoms with Crippen LogP contribution in [0.15, 0.2) is 35.2 Å². The molecule has 0 radical (unpaired) electrons. The van der Waals surface area contributed by atoms with Crippen molar-refractivity contribution in [2.45, 2.75) is 24.5 Å². The number of aromatic nitrogens is 4. The number of halogens is 3. The molecule has 2 N–H and O–H groups in total. The molecular formula is C19H18F3N7O7S. The lowest BCUT2D eigenvalue weighted by atomic mass is 10.3. The van der Waals surface area contributed by atoms with Gasteiger partial charge in [-0.25, -0.2) is 8.42 Å². The van der Waals surface area contributed by atoms with E-state index in [2.05, 4.69) is 25.1 Å². The Morgan fingerprint density at radius 3 is 2.32 bits per heavy atom. The van der Waals surface area contributed by atoms with Crippen LogP contribution in [0.2, 0.25) is 0 Å². The van der Waals surface area contributed by atoms with Crippen LogP contribution in [-0.2, 0) is 27.5 Å². The van der Waals surface area contributed by atoms with Gasteiger partial charge in [-0.3, -0.25) is 24.3 Å². The molecular weight excluding hydrogens is 527 g/mol. The molecule has 198 valence electrons. The highest BCUT2D eigenvalue weighted by atomic mass is 32.2. The van der Waals surface area contributed by atoms with E-state index in [1.807, 2.05) is 0 Å². The predicted molar refractivity (Wildman–Crippen MR) is 120 cm³/mol. The summed E-state index contributed by atoms with van der Waals surface area (Å²) in [5.41, 5.74) is -3.33. The molecule has 0 saturated heterocycles. The molecule has 37 heavy (non-hydrogen) atoms. The van der Waals surface area contributed by atoms with Crippen molar-refractivity contribution in [3.63, 3.8) is 0 Å². The summed E-state index contributed by atoms with van der Waals surface area (Å²) in [6.07, 6.45) is -5.09. The molecule has 3 aromatic rings. The molecule has 0 saturated carbocycles. The quantitative estimate of drug-likeness (QED) is 0.299. The molecule has 0 aliphatic carbocycles. The van der Waals surface area contributed by atoms with E-state index in [-0.39, 0.29) is 28.3 Å². The number of ether oxygens (including phenoxy) is 2. The minimum atomic E-state index is -5.09. The van der Waals surface area contributed by atoms with Crippen LogP contribution < -0.4 is 19.5 Å². The van der Waals surface area contributed by atoms with Crippen LogP contribution >= 0.6 is 0 Å². The third-order valence-corrected chi connectivity index (χ3v) is 6.05. The fraction of sp³-hybridized carbons (Fsp3) is 0.263. The SMILES string of the molecule is COc1cc(NS(=O)(=O)c2ccc(NC(=O)Cn3nc(C(F)(F)F)c([N+](=O)[O-])c3C)cc2)nc(OC)n1. The van der Waals surface area contributed by atoms with E-state index in [1.54, 1.807) is 0 Å². The molecule has 3 rings (SSSR count). The van der Waals surface area contributed by atoms with Gasteiger partial charge in [0.2, 0.25) is 17.5 Å². The van der Waals surface area contributed by atoms with E-state index in [1.165, 1.54) is 32.4 Å². The number of anilines is 2. The molecule has 2 heterocycles. The van der Waals surface area contributed by atoms with Crippen molar-refractivity contribution in [2.75, 3.05) is 24.3 Å². The highest BCUT2D eigenvalue weighted by Gasteiger charge is 2.44. The Morgan fingerprint density at radius 2 is 1.81 bits per heavy atom. The molecule has 1 amide bonds. The second-order valence-electron chi connectivity index (χ2n) is 7.16. The van der Waals surface area contributed by atoms with Crippen LogP contribution in [0.1, 0.15) is 11.4 Å². The van der Waals surface area contributed by atoms with Gasteiger partial charge in [0, 0.05) is 11.8 Å². The molecule has 0 atom stereocenters. The maximum atomic E-state index is 13.1. The van der Waals surface area contributed by atoms with Crippen LogP contribution in [-0.4, -0.2) is 53.2 Å². The lowest BCUT2D eigenvalue weighted by Gasteiger charge is -2.10. The van der Waals surface area contributed by atoms with Crippen molar-refractivity contribution in [3.8, 4) is 11.9 Å². The van der Waals surface area contributed by atoms with Gasteiger partial charge >= 0.3 is 17.9 Å². The Labute approximate surface area is 206 Å². The summed E-state index contributed by atoms with van der Waals surface area (Å²) < 4.78 is 77.2. The summed E-state index contributed by atoms with van der Waals surface area (Å²) >= 11 is 0. The molecule has 14 nitrogen and oxygen atoms in total. The van der Waals surface area contributed by atoms with Gasteiger partial charge in [0.25, 0.3) is 10.0 Å². The van der Waals surface area contributed by atoms with E-state index < -0.39 is 50.7 Å². The number of hydrogen-bond acceptors (Lipinski definition) is 10. The smallest absolute Gasteiger partial charge is 0.442 e. The number of alkyl halides is 3. The second-order valence-corrected chi connectivity index (χ2v) is 8.84. The van der Waals surface area contributed by atoms with Crippen LogP contribution in [0.5, 0.6) is 11.9 Å². The van der Waals surface area contributed by atoms with Crippen molar-refractivity contribution in [3.05, 3.63) is 51.8 Å². The molecule has 2 aromatic heterocycles. The van der Waals surface area contributed by atoms with Gasteiger partial charge in [-0.15, -0.1) is 0 Å². The summed E-state index contributed by atoms with van der Waals surface area (Å²) in [5, 5.41) is 16.6. The number of nitrogens with zero attached hydrogens (tertiary/aromatic N) is 5. The molecule has 0 bridgehead atoms. The van der Waals surface area contributed by atoms with Crippen molar-refractivity contribution >= 4 is 33.1 Å². The second kappa shape index (κ2) is 10.2. The van der Waals surface area contributed by atoms with Crippen LogP contribution in [0.4, 0.5) is 30.4 Å². The topological polar surface area (TPSA) is 180 Å². The van der Waals surface area contributed by atoms with Gasteiger partial charge in [0.1, 0.15) is 12.2 Å². The van der Waals surface area contributed by atoms with Crippen molar-refractivity contribution in [1.82, 2.24) is 19.7 Å². The average Bonchev–Trinajstić information content (AvgIpc) is 3.15. The first kappa shape index (κ1) is 27.1. The number of rotatable bonds is 9. The largest absolute Gasteiger partial charge is 0.481 e. The summed E-state index contributed by atoms with van der Waals surface area (Å²) in [7, 11) is -1.54. The zero-order valence-corrected chi connectivity index (χ0v) is 20.0. The number of carbonyl (C=O) groups excluding carboxylic acids is 1. The van der Waals surface area contributed by atoms with Gasteiger partial charge in [-0.1, -0.05) is 0 Å². The highest BCUT2D eigenvalue weighted by Crippen LogP contribution is 2.37. The van der Waals surface area contributed by atoms with E-state index in [4.69, 9.17) is 9.47 Å². The van der Waals surface area contributed by atoms with Gasteiger partial charge < -0.3 is 14.8 Å². The maximum Gasteiger partial charge on any atom is 0.442 e. The molecule has 1 aromatic carbocycles. The fourth-order valence-electron chi connectivity index (χ4n) is 3.00. The van der Waals surface area contributed by atoms with E-state index >= 15 is 0 Å². The van der Waals surface area contributed by atoms with Crippen LogP contribution in [0, 0.1) is 17.0 Å². The third kappa shape index (κ3) is 6.21. The summed E-state index contributed by atoms with van der Waals surface area (Å²) in [6.45, 7) is 0.269. The monoisotopic (exact) mass is 545 g/mol. The summed E-state index contributed by atoms with van der Waals surface area (Å²) in [6, 6.07) is 5.84. The molecule has 0 unspecified atom stereocenters. The molecule has 0 aliphatic rings. The Kier molecular flexibility index (Phi) is 7.51. The third-order valence-electron chi connectivity index (χ3n) is 4.68. The zero-order valence-electron chi connectivity index (χ0n) is 19.2. The van der Waals surface area contributed by atoms with Crippen LogP contribution in [0.25, 0.3) is 0 Å². The molecule has 0 aliphatic heterocycles. The number of sulfonamides is 1.